The number of carbonyl (C=O) groups excluding carboxylic acids is 2. The fourth-order valence-electron chi connectivity index (χ4n) is 6.26. The second kappa shape index (κ2) is 45.1. The van der Waals surface area contributed by atoms with Gasteiger partial charge in [-0.05, 0) is 77.0 Å². The largest absolute Gasteiger partial charge is 0.472 e. The summed E-state index contributed by atoms with van der Waals surface area (Å²) in [6, 6.07) is 0. The van der Waals surface area contributed by atoms with Gasteiger partial charge >= 0.3 is 19.8 Å². The van der Waals surface area contributed by atoms with E-state index in [2.05, 4.69) is 111 Å². The van der Waals surface area contributed by atoms with Crippen molar-refractivity contribution in [2.75, 3.05) is 47.5 Å². The van der Waals surface area contributed by atoms with Crippen LogP contribution in [0.25, 0.3) is 0 Å². The van der Waals surface area contributed by atoms with Crippen LogP contribution in [0, 0.1) is 0 Å². The molecule has 0 heterocycles. The van der Waals surface area contributed by atoms with Crippen molar-refractivity contribution in [3.8, 4) is 0 Å². The molecule has 0 aliphatic carbocycles. The van der Waals surface area contributed by atoms with Crippen molar-refractivity contribution in [1.82, 2.24) is 0 Å². The van der Waals surface area contributed by atoms with E-state index in [0.717, 1.165) is 96.3 Å². The Morgan fingerprint density at radius 2 is 0.891 bits per heavy atom. The van der Waals surface area contributed by atoms with Crippen LogP contribution in [0.1, 0.15) is 181 Å². The molecule has 2 unspecified atom stereocenters. The molecule has 0 fully saturated rings. The van der Waals surface area contributed by atoms with Crippen LogP contribution in [0.4, 0.5) is 0 Å². The highest BCUT2D eigenvalue weighted by Crippen LogP contribution is 2.43. The van der Waals surface area contributed by atoms with E-state index in [1.165, 1.54) is 51.4 Å². The average Bonchev–Trinajstić information content (AvgIpc) is 3.25. The molecule has 0 aromatic rings. The number of hydrogen-bond acceptors (Lipinski definition) is 7. The molecule has 0 aliphatic rings. The van der Waals surface area contributed by atoms with Crippen molar-refractivity contribution in [3.63, 3.8) is 0 Å². The Labute approximate surface area is 392 Å². The first-order chi connectivity index (χ1) is 31.0. The zero-order valence-electron chi connectivity index (χ0n) is 41.2. The number of hydrogen-bond donors (Lipinski definition) is 1. The Balaban J connectivity index is 4.29. The second-order valence-corrected chi connectivity index (χ2v) is 18.9. The van der Waals surface area contributed by atoms with Crippen molar-refractivity contribution in [2.24, 2.45) is 0 Å². The molecule has 0 radical (unpaired) electrons. The van der Waals surface area contributed by atoms with E-state index in [4.69, 9.17) is 18.5 Å². The Morgan fingerprint density at radius 3 is 1.33 bits per heavy atom. The Morgan fingerprint density at radius 1 is 0.500 bits per heavy atom. The predicted molar refractivity (Wildman–Crippen MR) is 270 cm³/mol. The standard InChI is InChI=1S/C54H92NO8P/c1-6-8-10-12-14-16-18-19-20-21-22-23-24-25-26-27-28-29-30-31-32-33-34-35-37-39-41-43-45-47-54(57)63-52(51-62-64(58,59)61-49-48-55(3,4)5)50-60-53(56)46-44-42-40-38-36-17-15-13-11-9-7-2/h8,10,14,16,19-20,22-23,25-26,28-29,31-32,34-35,52H,6-7,9,11-13,15,17-18,21,24,27,30,33,36-51H2,1-5H3/p+1/b10-8-,16-14-,20-19-,23-22-,26-25-,29-28-,32-31-,35-34-. The topological polar surface area (TPSA) is 108 Å². The molecule has 0 amide bonds. The number of nitrogens with zero attached hydrogens (tertiary/aromatic N) is 1. The number of likely N-dealkylation sites (N-methyl/N-ethyl adjacent to an activating group) is 1. The minimum absolute atomic E-state index is 0.0221. The maximum absolute atomic E-state index is 12.7. The van der Waals surface area contributed by atoms with Gasteiger partial charge in [-0.3, -0.25) is 18.6 Å². The van der Waals surface area contributed by atoms with Crippen LogP contribution in [0.3, 0.4) is 0 Å². The monoisotopic (exact) mass is 915 g/mol. The van der Waals surface area contributed by atoms with Gasteiger partial charge in [0.15, 0.2) is 6.10 Å². The summed E-state index contributed by atoms with van der Waals surface area (Å²) in [4.78, 5) is 35.4. The normalized spacial score (nSPS) is 14.3. The molecule has 0 spiro atoms. The first kappa shape index (κ1) is 60.9. The van der Waals surface area contributed by atoms with Crippen molar-refractivity contribution >= 4 is 19.8 Å². The predicted octanol–water partition coefficient (Wildman–Crippen LogP) is 14.9. The molecular formula is C54H93NO8P+. The summed E-state index contributed by atoms with van der Waals surface area (Å²) in [5.74, 6) is -0.834. The smallest absolute Gasteiger partial charge is 0.462 e. The summed E-state index contributed by atoms with van der Waals surface area (Å²) in [6.07, 6.45) is 60.4. The van der Waals surface area contributed by atoms with E-state index in [9.17, 15) is 19.0 Å². The molecule has 9 nitrogen and oxygen atoms in total. The van der Waals surface area contributed by atoms with E-state index < -0.39 is 26.5 Å². The van der Waals surface area contributed by atoms with Gasteiger partial charge in [-0.2, -0.15) is 0 Å². The number of ether oxygens (including phenoxy) is 2. The van der Waals surface area contributed by atoms with E-state index >= 15 is 0 Å². The summed E-state index contributed by atoms with van der Waals surface area (Å²) in [7, 11) is 1.45. The van der Waals surface area contributed by atoms with Crippen LogP contribution >= 0.6 is 7.82 Å². The number of rotatable bonds is 44. The van der Waals surface area contributed by atoms with Gasteiger partial charge in [0.2, 0.25) is 0 Å². The summed E-state index contributed by atoms with van der Waals surface area (Å²) in [5.41, 5.74) is 0. The van der Waals surface area contributed by atoms with Crippen molar-refractivity contribution < 1.29 is 42.1 Å². The molecule has 0 saturated carbocycles. The summed E-state index contributed by atoms with van der Waals surface area (Å²) in [6.45, 7) is 4.25. The molecule has 1 N–H and O–H groups in total. The maximum Gasteiger partial charge on any atom is 0.472 e. The average molecular weight is 915 g/mol. The lowest BCUT2D eigenvalue weighted by atomic mass is 10.1. The Hall–Kier alpha value is -3.07. The molecule has 0 aromatic carbocycles. The molecule has 0 aromatic heterocycles. The molecule has 64 heavy (non-hydrogen) atoms. The summed E-state index contributed by atoms with van der Waals surface area (Å²) < 4.78 is 34.3. The van der Waals surface area contributed by atoms with Crippen molar-refractivity contribution in [1.29, 1.82) is 0 Å². The van der Waals surface area contributed by atoms with Crippen LogP contribution in [0.2, 0.25) is 0 Å². The lowest BCUT2D eigenvalue weighted by Crippen LogP contribution is -2.37. The van der Waals surface area contributed by atoms with Crippen LogP contribution in [-0.4, -0.2) is 74.9 Å². The third-order valence-electron chi connectivity index (χ3n) is 10.1. The number of allylic oxidation sites excluding steroid dienone is 16. The zero-order chi connectivity index (χ0) is 47.1. The molecule has 0 aliphatic heterocycles. The van der Waals surface area contributed by atoms with Gasteiger partial charge in [0.25, 0.3) is 0 Å². The molecular weight excluding hydrogens is 822 g/mol. The molecule has 0 saturated heterocycles. The number of phosphoric ester groups is 1. The van der Waals surface area contributed by atoms with E-state index in [1.807, 2.05) is 21.1 Å². The number of phosphoric acid groups is 1. The van der Waals surface area contributed by atoms with Crippen LogP contribution in [0.5, 0.6) is 0 Å². The second-order valence-electron chi connectivity index (χ2n) is 17.5. The van der Waals surface area contributed by atoms with E-state index in [-0.39, 0.29) is 32.0 Å². The third kappa shape index (κ3) is 48.4. The summed E-state index contributed by atoms with van der Waals surface area (Å²) in [5, 5.41) is 0. The van der Waals surface area contributed by atoms with Gasteiger partial charge < -0.3 is 18.9 Å². The third-order valence-corrected chi connectivity index (χ3v) is 11.1. The highest BCUT2D eigenvalue weighted by Gasteiger charge is 2.27. The summed E-state index contributed by atoms with van der Waals surface area (Å²) >= 11 is 0. The quantitative estimate of drug-likeness (QED) is 0.0212. The minimum Gasteiger partial charge on any atom is -0.462 e. The minimum atomic E-state index is -4.39. The fourth-order valence-corrected chi connectivity index (χ4v) is 7.01. The van der Waals surface area contributed by atoms with Gasteiger partial charge in [-0.15, -0.1) is 0 Å². The van der Waals surface area contributed by atoms with Crippen molar-refractivity contribution in [2.45, 2.75) is 187 Å². The molecule has 0 bridgehead atoms. The Bertz CT molecular complexity index is 1400. The molecule has 10 heteroatoms. The van der Waals surface area contributed by atoms with Gasteiger partial charge in [0.05, 0.1) is 27.7 Å². The SMILES string of the molecule is CC/C=C\C/C=C\C/C=C\C/C=C\C/C=C\C/C=C\C/C=C\C/C=C\CCCCCCC(=O)OC(COC(=O)CCCCCCCCCCCCC)COP(=O)(O)OCC[N+](C)(C)C. The number of carbonyl (C=O) groups is 2. The molecule has 366 valence electrons. The first-order valence-corrected chi connectivity index (χ1v) is 26.5. The maximum atomic E-state index is 12.7. The van der Waals surface area contributed by atoms with Crippen LogP contribution < -0.4 is 0 Å². The van der Waals surface area contributed by atoms with Gasteiger partial charge in [0.1, 0.15) is 19.8 Å². The lowest BCUT2D eigenvalue weighted by molar-refractivity contribution is -0.870. The number of esters is 2. The number of unbranched alkanes of at least 4 members (excludes halogenated alkanes) is 14. The molecule has 0 rings (SSSR count). The first-order valence-electron chi connectivity index (χ1n) is 25.0. The highest BCUT2D eigenvalue weighted by atomic mass is 31.2. The van der Waals surface area contributed by atoms with E-state index in [0.29, 0.717) is 17.4 Å². The zero-order valence-corrected chi connectivity index (χ0v) is 42.1. The van der Waals surface area contributed by atoms with E-state index in [1.54, 1.807) is 0 Å². The van der Waals surface area contributed by atoms with Gasteiger partial charge in [-0.25, -0.2) is 4.57 Å². The fraction of sp³-hybridized carbons (Fsp3) is 0.667. The molecule has 2 atom stereocenters. The Kier molecular flexibility index (Phi) is 42.9. The van der Waals surface area contributed by atoms with Gasteiger partial charge in [0, 0.05) is 12.8 Å². The number of quaternary nitrogens is 1. The van der Waals surface area contributed by atoms with Crippen LogP contribution in [-0.2, 0) is 32.7 Å². The highest BCUT2D eigenvalue weighted by molar-refractivity contribution is 7.47. The van der Waals surface area contributed by atoms with Gasteiger partial charge in [-0.1, -0.05) is 188 Å². The van der Waals surface area contributed by atoms with Crippen molar-refractivity contribution in [3.05, 3.63) is 97.2 Å². The lowest BCUT2D eigenvalue weighted by Gasteiger charge is -2.24. The van der Waals surface area contributed by atoms with Crippen LogP contribution in [0.15, 0.2) is 97.2 Å².